The van der Waals surface area contributed by atoms with Crippen LogP contribution in [0.1, 0.15) is 50.5 Å². The van der Waals surface area contributed by atoms with E-state index in [1.807, 2.05) is 13.8 Å². The number of ether oxygens (including phenoxy) is 3. The van der Waals surface area contributed by atoms with Crippen molar-refractivity contribution in [3.63, 3.8) is 0 Å². The highest BCUT2D eigenvalue weighted by molar-refractivity contribution is 7.85. The molecule has 12 heteroatoms. The minimum absolute atomic E-state index is 0.0934. The number of hydrogen-bond acceptors (Lipinski definition) is 10. The maximum Gasteiger partial charge on any atom is 0.331 e. The standard InChI is InChI=1S/C24H37N3O8S/c1-6-24(7-2,23(29)33-8-3)26-21(28)19-9-10-20(27-12-18(13-27)32-4)22(25-19)34-14-16-11-17(16)15-35-36(5,30)31/h9-10,16-18H,6-8,11-15H2,1-5H3,(H,26,28)/t16-,17+/m0/s1. The third kappa shape index (κ3) is 6.86. The molecule has 0 radical (unpaired) electrons. The number of pyridine rings is 1. The molecule has 36 heavy (non-hydrogen) atoms. The van der Waals surface area contributed by atoms with Crippen molar-refractivity contribution in [1.29, 1.82) is 0 Å². The topological polar surface area (TPSA) is 133 Å². The van der Waals surface area contributed by atoms with Crippen LogP contribution < -0.4 is 15.0 Å². The Balaban J connectivity index is 1.74. The first-order valence-corrected chi connectivity index (χ1v) is 14.1. The summed E-state index contributed by atoms with van der Waals surface area (Å²) in [6.45, 7) is 7.38. The third-order valence-electron chi connectivity index (χ3n) is 6.82. The molecule has 1 saturated heterocycles. The predicted molar refractivity (Wildman–Crippen MR) is 133 cm³/mol. The van der Waals surface area contributed by atoms with Crippen molar-refractivity contribution in [1.82, 2.24) is 10.3 Å². The number of methoxy groups -OCH3 is 1. The lowest BCUT2D eigenvalue weighted by atomic mass is 9.92. The first-order chi connectivity index (χ1) is 17.1. The predicted octanol–water partition coefficient (Wildman–Crippen LogP) is 1.76. The molecule has 1 amide bonds. The molecule has 1 N–H and O–H groups in total. The number of nitrogens with zero attached hydrogens (tertiary/aromatic N) is 2. The van der Waals surface area contributed by atoms with E-state index in [4.69, 9.17) is 18.4 Å². The van der Waals surface area contributed by atoms with Gasteiger partial charge in [0, 0.05) is 20.2 Å². The molecular formula is C24H37N3O8S. The van der Waals surface area contributed by atoms with Gasteiger partial charge in [0.25, 0.3) is 16.0 Å². The Labute approximate surface area is 212 Å². The van der Waals surface area contributed by atoms with Gasteiger partial charge in [-0.2, -0.15) is 8.42 Å². The Hall–Kier alpha value is -2.44. The summed E-state index contributed by atoms with van der Waals surface area (Å²) >= 11 is 0. The zero-order chi connectivity index (χ0) is 26.5. The summed E-state index contributed by atoms with van der Waals surface area (Å²) in [5.74, 6) is -0.429. The zero-order valence-electron chi connectivity index (χ0n) is 21.6. The molecule has 1 aliphatic heterocycles. The zero-order valence-corrected chi connectivity index (χ0v) is 22.4. The molecule has 1 aromatic rings. The van der Waals surface area contributed by atoms with Crippen molar-refractivity contribution in [2.24, 2.45) is 11.8 Å². The van der Waals surface area contributed by atoms with Crippen LogP contribution in [0.2, 0.25) is 0 Å². The van der Waals surface area contributed by atoms with Crippen LogP contribution in [0.3, 0.4) is 0 Å². The van der Waals surface area contributed by atoms with Crippen molar-refractivity contribution in [3.05, 3.63) is 17.8 Å². The number of anilines is 1. The second-order valence-corrected chi connectivity index (χ2v) is 10.9. The molecule has 2 aliphatic rings. The van der Waals surface area contributed by atoms with E-state index in [0.29, 0.717) is 38.4 Å². The van der Waals surface area contributed by atoms with E-state index in [9.17, 15) is 18.0 Å². The van der Waals surface area contributed by atoms with Crippen molar-refractivity contribution in [2.75, 3.05) is 51.2 Å². The van der Waals surface area contributed by atoms with Crippen LogP contribution >= 0.6 is 0 Å². The van der Waals surface area contributed by atoms with E-state index in [1.54, 1.807) is 26.2 Å². The molecule has 3 rings (SSSR count). The Kier molecular flexibility index (Phi) is 9.18. The Morgan fingerprint density at radius 3 is 2.39 bits per heavy atom. The van der Waals surface area contributed by atoms with Gasteiger partial charge in [-0.25, -0.2) is 9.78 Å². The number of hydrogen-bond donors (Lipinski definition) is 1. The largest absolute Gasteiger partial charge is 0.476 e. The van der Waals surface area contributed by atoms with Gasteiger partial charge in [-0.15, -0.1) is 0 Å². The summed E-state index contributed by atoms with van der Waals surface area (Å²) in [4.78, 5) is 32.3. The monoisotopic (exact) mass is 527 g/mol. The van der Waals surface area contributed by atoms with Crippen LogP contribution in [0.15, 0.2) is 12.1 Å². The van der Waals surface area contributed by atoms with E-state index in [1.165, 1.54) is 0 Å². The number of carbonyl (C=O) groups is 2. The molecule has 1 saturated carbocycles. The first-order valence-electron chi connectivity index (χ1n) is 12.3. The van der Waals surface area contributed by atoms with Crippen LogP contribution in [0.5, 0.6) is 5.88 Å². The van der Waals surface area contributed by atoms with Crippen LogP contribution in [0.25, 0.3) is 0 Å². The fourth-order valence-electron chi connectivity index (χ4n) is 4.12. The minimum Gasteiger partial charge on any atom is -0.476 e. The van der Waals surface area contributed by atoms with Gasteiger partial charge < -0.3 is 24.4 Å². The Morgan fingerprint density at radius 1 is 1.14 bits per heavy atom. The highest BCUT2D eigenvalue weighted by Gasteiger charge is 2.40. The molecule has 0 spiro atoms. The van der Waals surface area contributed by atoms with Crippen LogP contribution in [0.4, 0.5) is 5.69 Å². The lowest BCUT2D eigenvalue weighted by Gasteiger charge is -2.40. The Morgan fingerprint density at radius 2 is 1.81 bits per heavy atom. The highest BCUT2D eigenvalue weighted by Crippen LogP contribution is 2.40. The third-order valence-corrected chi connectivity index (χ3v) is 7.38. The normalized spacial score (nSPS) is 20.0. The summed E-state index contributed by atoms with van der Waals surface area (Å²) in [7, 11) is -1.82. The van der Waals surface area contributed by atoms with E-state index in [2.05, 4.69) is 15.2 Å². The summed E-state index contributed by atoms with van der Waals surface area (Å²) in [6, 6.07) is 3.39. The van der Waals surface area contributed by atoms with Gasteiger partial charge in [-0.3, -0.25) is 8.98 Å². The number of nitrogens with one attached hydrogen (secondary N) is 1. The van der Waals surface area contributed by atoms with E-state index in [-0.39, 0.29) is 36.8 Å². The van der Waals surface area contributed by atoms with Crippen LogP contribution in [-0.2, 0) is 28.6 Å². The molecule has 11 nitrogen and oxygen atoms in total. The van der Waals surface area contributed by atoms with Crippen LogP contribution in [0, 0.1) is 11.8 Å². The van der Waals surface area contributed by atoms with Gasteiger partial charge in [-0.05, 0) is 50.2 Å². The molecule has 1 aliphatic carbocycles. The fraction of sp³-hybridized carbons (Fsp3) is 0.708. The lowest BCUT2D eigenvalue weighted by molar-refractivity contribution is -0.151. The smallest absolute Gasteiger partial charge is 0.331 e. The molecule has 202 valence electrons. The van der Waals surface area contributed by atoms with Crippen molar-refractivity contribution >= 4 is 27.7 Å². The summed E-state index contributed by atoms with van der Waals surface area (Å²) in [6.07, 6.45) is 2.68. The number of aromatic nitrogens is 1. The van der Waals surface area contributed by atoms with Gasteiger partial charge in [0.05, 0.1) is 32.2 Å². The van der Waals surface area contributed by atoms with Crippen LogP contribution in [-0.4, -0.2) is 83.2 Å². The molecule has 0 aromatic carbocycles. The average molecular weight is 528 g/mol. The van der Waals surface area contributed by atoms with E-state index in [0.717, 1.165) is 18.4 Å². The molecule has 2 fully saturated rings. The highest BCUT2D eigenvalue weighted by atomic mass is 32.2. The maximum atomic E-state index is 13.1. The average Bonchev–Trinajstić information content (AvgIpc) is 3.58. The fourth-order valence-corrected chi connectivity index (χ4v) is 4.54. The molecule has 0 bridgehead atoms. The lowest BCUT2D eigenvalue weighted by Crippen LogP contribution is -2.54. The van der Waals surface area contributed by atoms with Gasteiger partial charge >= 0.3 is 5.97 Å². The number of carbonyl (C=O) groups excluding carboxylic acids is 2. The van der Waals surface area contributed by atoms with Crippen molar-refractivity contribution in [3.8, 4) is 5.88 Å². The molecule has 2 heterocycles. The molecule has 0 unspecified atom stereocenters. The second kappa shape index (κ2) is 11.7. The minimum atomic E-state index is -3.48. The summed E-state index contributed by atoms with van der Waals surface area (Å²) in [5.41, 5.74) is -0.272. The van der Waals surface area contributed by atoms with E-state index >= 15 is 0 Å². The maximum absolute atomic E-state index is 13.1. The summed E-state index contributed by atoms with van der Waals surface area (Å²) in [5, 5.41) is 2.83. The number of rotatable bonds is 14. The second-order valence-electron chi connectivity index (χ2n) is 9.30. The molecule has 1 aromatic heterocycles. The Bertz CT molecular complexity index is 1040. The SMILES string of the molecule is CCOC(=O)C(CC)(CC)NC(=O)c1ccc(N2CC(OC)C2)c(OC[C@@H]2C[C@@H]2COS(C)(=O)=O)n1. The quantitative estimate of drug-likeness (QED) is 0.282. The number of amides is 1. The van der Waals surface area contributed by atoms with E-state index < -0.39 is 27.5 Å². The molecule has 2 atom stereocenters. The molecular weight excluding hydrogens is 490 g/mol. The van der Waals surface area contributed by atoms with Gasteiger partial charge in [0.2, 0.25) is 5.88 Å². The van der Waals surface area contributed by atoms with Crippen molar-refractivity contribution in [2.45, 2.75) is 51.7 Å². The van der Waals surface area contributed by atoms with Gasteiger partial charge in [0.15, 0.2) is 0 Å². The first kappa shape index (κ1) is 28.1. The van der Waals surface area contributed by atoms with Gasteiger partial charge in [0.1, 0.15) is 16.9 Å². The van der Waals surface area contributed by atoms with Gasteiger partial charge in [-0.1, -0.05) is 13.8 Å². The van der Waals surface area contributed by atoms with Crippen molar-refractivity contribution < 1.29 is 36.4 Å². The number of esters is 1. The summed E-state index contributed by atoms with van der Waals surface area (Å²) < 4.78 is 44.0.